The average Bonchev–Trinajstić information content (AvgIpc) is 2.68. The van der Waals surface area contributed by atoms with Crippen molar-refractivity contribution in [2.45, 2.75) is 32.2 Å². The summed E-state index contributed by atoms with van der Waals surface area (Å²) in [5.41, 5.74) is 0. The molecule has 0 bridgehead atoms. The molecule has 0 spiro atoms. The molecule has 13 heavy (non-hydrogen) atoms. The topological polar surface area (TPSA) is 41.6 Å². The molecule has 2 rings (SSSR count). The molecule has 4 heteroatoms. The number of nitrogens with zero attached hydrogens (tertiary/aromatic N) is 1. The molecular formula is C9H16N2O2. The van der Waals surface area contributed by atoms with Crippen LogP contribution in [0.5, 0.6) is 0 Å². The molecule has 1 aliphatic carbocycles. The van der Waals surface area contributed by atoms with Gasteiger partial charge in [-0.15, -0.1) is 0 Å². The van der Waals surface area contributed by atoms with Crippen molar-refractivity contribution in [2.75, 3.05) is 13.2 Å². The standard InChI is InChI=1S/C9H16N2O2/c1-2-7-6-8(7)10-9(12)11-4-3-5-13-11/h7-8H,2-6H2,1H3,(H,10,12)/t7-,8-/m1/s1. The van der Waals surface area contributed by atoms with Crippen LogP contribution in [-0.2, 0) is 4.84 Å². The molecule has 0 aromatic heterocycles. The third-order valence-electron chi connectivity index (χ3n) is 2.74. The first-order valence-corrected chi connectivity index (χ1v) is 5.02. The lowest BCUT2D eigenvalue weighted by Gasteiger charge is -2.14. The summed E-state index contributed by atoms with van der Waals surface area (Å²) < 4.78 is 0. The summed E-state index contributed by atoms with van der Waals surface area (Å²) in [6.07, 6.45) is 3.25. The van der Waals surface area contributed by atoms with Gasteiger partial charge < -0.3 is 5.32 Å². The van der Waals surface area contributed by atoms with Gasteiger partial charge in [0, 0.05) is 6.04 Å². The molecule has 2 fully saturated rings. The van der Waals surface area contributed by atoms with Crippen LogP contribution < -0.4 is 5.32 Å². The second-order valence-electron chi connectivity index (χ2n) is 3.75. The zero-order valence-electron chi connectivity index (χ0n) is 7.95. The van der Waals surface area contributed by atoms with E-state index in [0.717, 1.165) is 25.8 Å². The van der Waals surface area contributed by atoms with Gasteiger partial charge in [-0.2, -0.15) is 0 Å². The first-order chi connectivity index (χ1) is 6.31. The summed E-state index contributed by atoms with van der Waals surface area (Å²) in [7, 11) is 0. The summed E-state index contributed by atoms with van der Waals surface area (Å²) in [6.45, 7) is 3.56. The number of rotatable bonds is 2. The Morgan fingerprint density at radius 1 is 1.69 bits per heavy atom. The monoisotopic (exact) mass is 184 g/mol. The van der Waals surface area contributed by atoms with Crippen LogP contribution in [0.2, 0.25) is 0 Å². The molecule has 1 aliphatic heterocycles. The normalized spacial score (nSPS) is 31.9. The molecule has 1 heterocycles. The van der Waals surface area contributed by atoms with Crippen molar-refractivity contribution in [3.63, 3.8) is 0 Å². The van der Waals surface area contributed by atoms with Gasteiger partial charge in [0.25, 0.3) is 0 Å². The van der Waals surface area contributed by atoms with Gasteiger partial charge in [-0.1, -0.05) is 13.3 Å². The van der Waals surface area contributed by atoms with Crippen LogP contribution in [0.3, 0.4) is 0 Å². The molecule has 1 saturated heterocycles. The number of amides is 2. The van der Waals surface area contributed by atoms with Gasteiger partial charge in [-0.05, 0) is 18.8 Å². The van der Waals surface area contributed by atoms with Crippen molar-refractivity contribution < 1.29 is 9.63 Å². The first-order valence-electron chi connectivity index (χ1n) is 5.02. The van der Waals surface area contributed by atoms with Gasteiger partial charge in [0.1, 0.15) is 0 Å². The zero-order valence-corrected chi connectivity index (χ0v) is 7.95. The Kier molecular flexibility index (Phi) is 2.40. The van der Waals surface area contributed by atoms with Gasteiger partial charge in [-0.25, -0.2) is 9.86 Å². The molecule has 2 atom stereocenters. The van der Waals surface area contributed by atoms with Gasteiger partial charge in [0.05, 0.1) is 13.2 Å². The molecule has 1 saturated carbocycles. The summed E-state index contributed by atoms with van der Waals surface area (Å²) in [5, 5.41) is 4.39. The molecule has 1 N–H and O–H groups in total. The smallest absolute Gasteiger partial charge is 0.333 e. The fourth-order valence-electron chi connectivity index (χ4n) is 1.71. The van der Waals surface area contributed by atoms with Crippen molar-refractivity contribution in [3.8, 4) is 0 Å². The third kappa shape index (κ3) is 1.94. The first kappa shape index (κ1) is 8.81. The maximum Gasteiger partial charge on any atom is 0.341 e. The highest BCUT2D eigenvalue weighted by atomic mass is 16.7. The summed E-state index contributed by atoms with van der Waals surface area (Å²) in [5.74, 6) is 0.701. The van der Waals surface area contributed by atoms with E-state index in [1.807, 2.05) is 0 Å². The third-order valence-corrected chi connectivity index (χ3v) is 2.74. The van der Waals surface area contributed by atoms with E-state index < -0.39 is 0 Å². The lowest BCUT2D eigenvalue weighted by molar-refractivity contribution is -0.0664. The van der Waals surface area contributed by atoms with E-state index >= 15 is 0 Å². The number of carbonyl (C=O) groups is 1. The quantitative estimate of drug-likeness (QED) is 0.699. The Labute approximate surface area is 78.2 Å². The fraction of sp³-hybridized carbons (Fsp3) is 0.889. The molecule has 74 valence electrons. The van der Waals surface area contributed by atoms with E-state index in [2.05, 4.69) is 12.2 Å². The van der Waals surface area contributed by atoms with E-state index in [4.69, 9.17) is 4.84 Å². The summed E-state index contributed by atoms with van der Waals surface area (Å²) in [4.78, 5) is 16.6. The summed E-state index contributed by atoms with van der Waals surface area (Å²) in [6, 6.07) is 0.347. The lowest BCUT2D eigenvalue weighted by Crippen LogP contribution is -2.38. The number of hydrogen-bond donors (Lipinski definition) is 1. The predicted molar refractivity (Wildman–Crippen MR) is 48.0 cm³/mol. The van der Waals surface area contributed by atoms with Gasteiger partial charge in [-0.3, -0.25) is 4.84 Å². The second kappa shape index (κ2) is 3.54. The minimum absolute atomic E-state index is 0.0570. The maximum atomic E-state index is 11.4. The number of hydrogen-bond acceptors (Lipinski definition) is 2. The number of carbonyl (C=O) groups excluding carboxylic acids is 1. The van der Waals surface area contributed by atoms with Crippen LogP contribution in [0.4, 0.5) is 4.79 Å². The highest BCUT2D eigenvalue weighted by Crippen LogP contribution is 2.33. The Hall–Kier alpha value is -0.770. The second-order valence-corrected chi connectivity index (χ2v) is 3.75. The lowest BCUT2D eigenvalue weighted by atomic mass is 10.3. The molecule has 2 amide bonds. The average molecular weight is 184 g/mol. The Morgan fingerprint density at radius 2 is 2.54 bits per heavy atom. The van der Waals surface area contributed by atoms with E-state index in [1.165, 1.54) is 5.06 Å². The number of hydroxylamine groups is 2. The molecule has 0 unspecified atom stereocenters. The van der Waals surface area contributed by atoms with Crippen LogP contribution in [-0.4, -0.2) is 30.3 Å². The van der Waals surface area contributed by atoms with Crippen molar-refractivity contribution in [2.24, 2.45) is 5.92 Å². The highest BCUT2D eigenvalue weighted by molar-refractivity contribution is 5.74. The van der Waals surface area contributed by atoms with E-state index in [-0.39, 0.29) is 6.03 Å². The van der Waals surface area contributed by atoms with E-state index in [1.54, 1.807) is 0 Å². The SMILES string of the molecule is CC[C@@H]1C[C@H]1NC(=O)N1CCCO1. The fourth-order valence-corrected chi connectivity index (χ4v) is 1.71. The molecule has 0 aromatic rings. The minimum atomic E-state index is -0.0570. The van der Waals surface area contributed by atoms with Crippen molar-refractivity contribution >= 4 is 6.03 Å². The molecule has 0 aromatic carbocycles. The van der Waals surface area contributed by atoms with Gasteiger partial charge >= 0.3 is 6.03 Å². The molecule has 4 nitrogen and oxygen atoms in total. The number of nitrogens with one attached hydrogen (secondary N) is 1. The van der Waals surface area contributed by atoms with E-state index in [9.17, 15) is 4.79 Å². The molecular weight excluding hydrogens is 168 g/mol. The van der Waals surface area contributed by atoms with Crippen LogP contribution >= 0.6 is 0 Å². The van der Waals surface area contributed by atoms with Crippen LogP contribution in [0.15, 0.2) is 0 Å². The largest absolute Gasteiger partial charge is 0.341 e. The van der Waals surface area contributed by atoms with Crippen LogP contribution in [0, 0.1) is 5.92 Å². The van der Waals surface area contributed by atoms with Crippen molar-refractivity contribution in [3.05, 3.63) is 0 Å². The predicted octanol–water partition coefficient (Wildman–Crippen LogP) is 1.13. The van der Waals surface area contributed by atoms with Gasteiger partial charge in [0.15, 0.2) is 0 Å². The molecule has 0 radical (unpaired) electrons. The Morgan fingerprint density at radius 3 is 3.08 bits per heavy atom. The Balaban J connectivity index is 1.72. The minimum Gasteiger partial charge on any atom is -0.333 e. The van der Waals surface area contributed by atoms with Crippen molar-refractivity contribution in [1.82, 2.24) is 10.4 Å². The zero-order chi connectivity index (χ0) is 9.26. The Bertz CT molecular complexity index is 202. The number of urea groups is 1. The van der Waals surface area contributed by atoms with E-state index in [0.29, 0.717) is 18.6 Å². The van der Waals surface area contributed by atoms with Crippen LogP contribution in [0.1, 0.15) is 26.2 Å². The highest BCUT2D eigenvalue weighted by Gasteiger charge is 2.37. The maximum absolute atomic E-state index is 11.4. The van der Waals surface area contributed by atoms with Crippen molar-refractivity contribution in [1.29, 1.82) is 0 Å². The van der Waals surface area contributed by atoms with Crippen LogP contribution in [0.25, 0.3) is 0 Å². The van der Waals surface area contributed by atoms with Gasteiger partial charge in [0.2, 0.25) is 0 Å². The molecule has 2 aliphatic rings. The summed E-state index contributed by atoms with van der Waals surface area (Å²) >= 11 is 0.